The van der Waals surface area contributed by atoms with Gasteiger partial charge in [0.25, 0.3) is 0 Å². The molecule has 3 aliphatic heterocycles. The molecule has 4 atom stereocenters. The van der Waals surface area contributed by atoms with Crippen LogP contribution in [0.4, 0.5) is 11.4 Å². The van der Waals surface area contributed by atoms with E-state index in [9.17, 15) is 14.4 Å². The molecule has 5 nitrogen and oxygen atoms in total. The summed E-state index contributed by atoms with van der Waals surface area (Å²) in [5.41, 5.74) is 4.16. The molecular weight excluding hydrogens is 496 g/mol. The number of rotatable bonds is 5. The van der Waals surface area contributed by atoms with Crippen molar-refractivity contribution < 1.29 is 14.4 Å². The molecule has 3 aromatic rings. The predicted octanol–water partition coefficient (Wildman–Crippen LogP) is 6.54. The molecule has 3 aromatic carbocycles. The van der Waals surface area contributed by atoms with Gasteiger partial charge in [-0.1, -0.05) is 100 Å². The third-order valence-electron chi connectivity index (χ3n) is 8.86. The maximum atomic E-state index is 14.8. The number of Topliss-reactive ketones (excluding diaryl/α,β-unsaturated/α-hetero) is 2. The summed E-state index contributed by atoms with van der Waals surface area (Å²) in [6.07, 6.45) is 6.02. The van der Waals surface area contributed by atoms with Crippen molar-refractivity contribution in [2.24, 2.45) is 11.3 Å². The van der Waals surface area contributed by atoms with Gasteiger partial charge in [0.1, 0.15) is 11.5 Å². The van der Waals surface area contributed by atoms with Crippen molar-refractivity contribution in [3.8, 4) is 0 Å². The number of aryl methyl sites for hydroxylation is 2. The van der Waals surface area contributed by atoms with Crippen molar-refractivity contribution in [3.05, 3.63) is 101 Å². The topological polar surface area (TPSA) is 66.5 Å². The van der Waals surface area contributed by atoms with Crippen molar-refractivity contribution >= 4 is 34.9 Å². The average molecular weight is 533 g/mol. The van der Waals surface area contributed by atoms with E-state index < -0.39 is 28.8 Å². The minimum atomic E-state index is -1.26. The molecule has 0 saturated carbocycles. The highest BCUT2D eigenvalue weighted by molar-refractivity contribution is 6.17. The van der Waals surface area contributed by atoms with Crippen molar-refractivity contribution in [1.29, 1.82) is 0 Å². The Labute approximate surface area is 236 Å². The smallest absolute Gasteiger partial charge is 0.238 e. The van der Waals surface area contributed by atoms with Crippen molar-refractivity contribution in [3.63, 3.8) is 0 Å². The van der Waals surface area contributed by atoms with Gasteiger partial charge in [0.2, 0.25) is 5.91 Å². The molecule has 1 fully saturated rings. The maximum absolute atomic E-state index is 14.8. The highest BCUT2D eigenvalue weighted by Gasteiger charge is 2.70. The highest BCUT2D eigenvalue weighted by atomic mass is 16.2. The van der Waals surface area contributed by atoms with E-state index in [0.29, 0.717) is 11.3 Å². The van der Waals surface area contributed by atoms with Gasteiger partial charge < -0.3 is 10.2 Å². The summed E-state index contributed by atoms with van der Waals surface area (Å²) in [6, 6.07) is 20.2. The predicted molar refractivity (Wildman–Crippen MR) is 160 cm³/mol. The number of carbonyl (C=O) groups is 3. The van der Waals surface area contributed by atoms with E-state index in [1.54, 1.807) is 0 Å². The summed E-state index contributed by atoms with van der Waals surface area (Å²) in [7, 11) is 0. The Morgan fingerprint density at radius 2 is 1.73 bits per heavy atom. The molecule has 1 spiro atoms. The van der Waals surface area contributed by atoms with Crippen LogP contribution in [0.25, 0.3) is 6.08 Å². The van der Waals surface area contributed by atoms with Crippen LogP contribution in [0.3, 0.4) is 0 Å². The van der Waals surface area contributed by atoms with Crippen LogP contribution in [-0.2, 0) is 21.4 Å². The Kier molecular flexibility index (Phi) is 6.10. The number of nitrogens with zero attached hydrogens (tertiary/aromatic N) is 1. The number of nitrogens with one attached hydrogen (secondary N) is 1. The molecule has 1 saturated heterocycles. The fourth-order valence-electron chi connectivity index (χ4n) is 7.05. The fourth-order valence-corrected chi connectivity index (χ4v) is 7.05. The molecule has 0 aromatic heterocycles. The molecule has 0 unspecified atom stereocenters. The van der Waals surface area contributed by atoms with Crippen molar-refractivity contribution in [1.82, 2.24) is 0 Å². The zero-order valence-electron chi connectivity index (χ0n) is 23.8. The Hall–Kier alpha value is -3.99. The molecular formula is C35H36N2O3. The Bertz CT molecular complexity index is 1560. The molecule has 3 aliphatic rings. The van der Waals surface area contributed by atoms with Crippen molar-refractivity contribution in [2.75, 3.05) is 10.2 Å². The minimum Gasteiger partial charge on any atom is -0.352 e. The standard InChI is InChI=1S/C35H36N2O3/c1-6-9-22-13-15-23(16-14-22)31(38)29-30(32(39)34(3,4)5)37-27-18-12-21(2)20-24(27)17-19-28(37)35(29)25-10-7-8-11-26(25)36-33(35)40/h7-8,10-20,28-30H,6,9H2,1-5H3,(H,36,40)/t28-,29+,30+,35-/m1/s1. The third-order valence-corrected chi connectivity index (χ3v) is 8.86. The number of anilines is 2. The van der Waals surface area contributed by atoms with Gasteiger partial charge in [0.05, 0.1) is 12.0 Å². The Morgan fingerprint density at radius 3 is 2.42 bits per heavy atom. The summed E-state index contributed by atoms with van der Waals surface area (Å²) in [5, 5.41) is 3.09. The van der Waals surface area contributed by atoms with E-state index in [2.05, 4.69) is 23.2 Å². The Balaban J connectivity index is 1.64. The summed E-state index contributed by atoms with van der Waals surface area (Å²) in [4.78, 5) is 45.7. The lowest BCUT2D eigenvalue weighted by molar-refractivity contribution is -0.128. The summed E-state index contributed by atoms with van der Waals surface area (Å²) in [6.45, 7) is 9.86. The molecule has 6 rings (SSSR count). The van der Waals surface area contributed by atoms with Crippen LogP contribution < -0.4 is 10.2 Å². The quantitative estimate of drug-likeness (QED) is 0.379. The first-order chi connectivity index (χ1) is 19.1. The minimum absolute atomic E-state index is 0.0469. The SMILES string of the molecule is CCCc1ccc(C(=O)[C@@H]2[C@@H](C(=O)C(C)(C)C)N3c4ccc(C)cc4C=C[C@@H]3[C@@]23C(=O)Nc2ccccc23)cc1. The zero-order valence-corrected chi connectivity index (χ0v) is 23.8. The molecule has 40 heavy (non-hydrogen) atoms. The van der Waals surface area contributed by atoms with Crippen LogP contribution in [0.5, 0.6) is 0 Å². The van der Waals surface area contributed by atoms with E-state index in [4.69, 9.17) is 0 Å². The van der Waals surface area contributed by atoms with Gasteiger partial charge in [-0.05, 0) is 48.2 Å². The molecule has 1 N–H and O–H groups in total. The lowest BCUT2D eigenvalue weighted by atomic mass is 9.63. The number of hydrogen-bond donors (Lipinski definition) is 1. The second kappa shape index (κ2) is 9.29. The van der Waals surface area contributed by atoms with Gasteiger partial charge in [0.15, 0.2) is 11.6 Å². The largest absolute Gasteiger partial charge is 0.352 e. The van der Waals surface area contributed by atoms with Crippen LogP contribution in [-0.4, -0.2) is 29.6 Å². The number of amides is 1. The van der Waals surface area contributed by atoms with Gasteiger partial charge in [-0.3, -0.25) is 14.4 Å². The zero-order chi connectivity index (χ0) is 28.4. The first-order valence-electron chi connectivity index (χ1n) is 14.2. The van der Waals surface area contributed by atoms with Gasteiger partial charge in [0, 0.05) is 22.4 Å². The number of benzene rings is 3. The van der Waals surface area contributed by atoms with Crippen LogP contribution in [0.2, 0.25) is 0 Å². The molecule has 0 radical (unpaired) electrons. The van der Waals surface area contributed by atoms with E-state index >= 15 is 0 Å². The number of para-hydroxylation sites is 1. The third kappa shape index (κ3) is 3.71. The first kappa shape index (κ1) is 26.2. The molecule has 204 valence electrons. The molecule has 0 bridgehead atoms. The molecule has 3 heterocycles. The normalized spacial score (nSPS) is 24.5. The van der Waals surface area contributed by atoms with Crippen LogP contribution in [0.1, 0.15) is 66.7 Å². The lowest BCUT2D eigenvalue weighted by Gasteiger charge is -2.38. The summed E-state index contributed by atoms with van der Waals surface area (Å²) in [5.74, 6) is -1.36. The van der Waals surface area contributed by atoms with E-state index in [-0.39, 0.29) is 17.5 Å². The van der Waals surface area contributed by atoms with E-state index in [1.165, 1.54) is 0 Å². The number of fused-ring (bicyclic) bond motifs is 6. The number of hydrogen-bond acceptors (Lipinski definition) is 4. The second-order valence-corrected chi connectivity index (χ2v) is 12.5. The second-order valence-electron chi connectivity index (χ2n) is 12.5. The number of carbonyl (C=O) groups excluding carboxylic acids is 3. The maximum Gasteiger partial charge on any atom is 0.238 e. The van der Waals surface area contributed by atoms with Crippen LogP contribution >= 0.6 is 0 Å². The first-order valence-corrected chi connectivity index (χ1v) is 14.2. The average Bonchev–Trinajstić information content (AvgIpc) is 3.40. The van der Waals surface area contributed by atoms with Gasteiger partial charge in [-0.15, -0.1) is 0 Å². The molecule has 0 aliphatic carbocycles. The van der Waals surface area contributed by atoms with Crippen LogP contribution in [0, 0.1) is 18.3 Å². The van der Waals surface area contributed by atoms with Crippen LogP contribution in [0.15, 0.2) is 72.8 Å². The van der Waals surface area contributed by atoms with Gasteiger partial charge in [-0.25, -0.2) is 0 Å². The fraction of sp³-hybridized carbons (Fsp3) is 0.343. The lowest BCUT2D eigenvalue weighted by Crippen LogP contribution is -2.51. The highest BCUT2D eigenvalue weighted by Crippen LogP contribution is 2.58. The molecule has 5 heteroatoms. The Morgan fingerprint density at radius 1 is 1.00 bits per heavy atom. The van der Waals surface area contributed by atoms with Gasteiger partial charge >= 0.3 is 0 Å². The van der Waals surface area contributed by atoms with Crippen molar-refractivity contribution in [2.45, 2.75) is 65.0 Å². The van der Waals surface area contributed by atoms with E-state index in [1.807, 2.05) is 101 Å². The van der Waals surface area contributed by atoms with E-state index in [0.717, 1.165) is 40.8 Å². The van der Waals surface area contributed by atoms with Gasteiger partial charge in [-0.2, -0.15) is 0 Å². The summed E-state index contributed by atoms with van der Waals surface area (Å²) >= 11 is 0. The number of ketones is 2. The summed E-state index contributed by atoms with van der Waals surface area (Å²) < 4.78 is 0. The monoisotopic (exact) mass is 532 g/mol. The molecule has 1 amide bonds.